The number of ether oxygens (including phenoxy) is 1. The summed E-state index contributed by atoms with van der Waals surface area (Å²) in [6, 6.07) is 7.09. The van der Waals surface area contributed by atoms with Crippen molar-refractivity contribution in [2.24, 2.45) is 0 Å². The molecule has 0 spiro atoms. The second-order valence-electron chi connectivity index (χ2n) is 6.09. The van der Waals surface area contributed by atoms with Gasteiger partial charge in [0.2, 0.25) is 0 Å². The predicted octanol–water partition coefficient (Wildman–Crippen LogP) is 0.474. The van der Waals surface area contributed by atoms with Crippen molar-refractivity contribution in [1.82, 2.24) is 10.2 Å². The molecule has 3 rings (SSSR count). The molecule has 2 N–H and O–H groups in total. The van der Waals surface area contributed by atoms with Crippen molar-refractivity contribution < 1.29 is 29.0 Å². The summed E-state index contributed by atoms with van der Waals surface area (Å²) in [5.74, 6) is -2.68. The molecular formula is C18H15N3O6S. The van der Waals surface area contributed by atoms with Crippen LogP contribution in [0.3, 0.4) is 0 Å². The SMILES string of the molecule is CC(=O)OCC1=C(C(=O)O)N2C(=O)[C@H](NC(=O)c3cccc(C#N)c3)[C@@H]2SC1. The Morgan fingerprint density at radius 3 is 2.82 bits per heavy atom. The van der Waals surface area contributed by atoms with Crippen molar-refractivity contribution >= 4 is 35.5 Å². The summed E-state index contributed by atoms with van der Waals surface area (Å²) in [5, 5.41) is 20.5. The third kappa shape index (κ3) is 3.57. The highest BCUT2D eigenvalue weighted by Gasteiger charge is 2.54. The van der Waals surface area contributed by atoms with E-state index in [4.69, 9.17) is 10.00 Å². The number of β-lactam (4-membered cyclic amide) rings is 1. The Hall–Kier alpha value is -3.32. The number of rotatable bonds is 5. The number of aliphatic carboxylic acids is 1. The lowest BCUT2D eigenvalue weighted by Gasteiger charge is -2.49. The number of hydrogen-bond donors (Lipinski definition) is 2. The van der Waals surface area contributed by atoms with Crippen LogP contribution in [0.25, 0.3) is 0 Å². The van der Waals surface area contributed by atoms with Crippen LogP contribution in [-0.4, -0.2) is 57.5 Å². The fourth-order valence-electron chi connectivity index (χ4n) is 2.94. The number of fused-ring (bicyclic) bond motifs is 1. The van der Waals surface area contributed by atoms with E-state index in [0.29, 0.717) is 11.1 Å². The molecular weight excluding hydrogens is 386 g/mol. The molecule has 2 atom stereocenters. The number of carboxylic acids is 1. The van der Waals surface area contributed by atoms with Gasteiger partial charge in [-0.2, -0.15) is 5.26 Å². The second-order valence-corrected chi connectivity index (χ2v) is 7.20. The number of thioether (sulfide) groups is 1. The Kier molecular flexibility index (Phi) is 5.37. The molecule has 0 bridgehead atoms. The van der Waals surface area contributed by atoms with Gasteiger partial charge >= 0.3 is 11.9 Å². The molecule has 28 heavy (non-hydrogen) atoms. The number of esters is 1. The Morgan fingerprint density at radius 1 is 1.43 bits per heavy atom. The van der Waals surface area contributed by atoms with E-state index < -0.39 is 35.2 Å². The molecule has 2 amide bonds. The van der Waals surface area contributed by atoms with E-state index in [1.807, 2.05) is 6.07 Å². The largest absolute Gasteiger partial charge is 0.477 e. The molecule has 0 aromatic heterocycles. The molecule has 0 saturated carbocycles. The van der Waals surface area contributed by atoms with Crippen molar-refractivity contribution in [2.75, 3.05) is 12.4 Å². The second kappa shape index (κ2) is 7.74. The number of nitrogens with one attached hydrogen (secondary N) is 1. The molecule has 2 aliphatic heterocycles. The van der Waals surface area contributed by atoms with E-state index in [1.165, 1.54) is 30.8 Å². The Morgan fingerprint density at radius 2 is 2.18 bits per heavy atom. The molecule has 1 aromatic rings. The van der Waals surface area contributed by atoms with E-state index in [2.05, 4.69) is 5.32 Å². The number of carbonyl (C=O) groups is 4. The number of nitriles is 1. The summed E-state index contributed by atoms with van der Waals surface area (Å²) in [6.45, 7) is 1.000. The first-order valence-electron chi connectivity index (χ1n) is 8.18. The van der Waals surface area contributed by atoms with Gasteiger partial charge in [0.15, 0.2) is 0 Å². The zero-order valence-electron chi connectivity index (χ0n) is 14.7. The van der Waals surface area contributed by atoms with Gasteiger partial charge in [-0.05, 0) is 18.2 Å². The highest BCUT2D eigenvalue weighted by molar-refractivity contribution is 8.00. The average Bonchev–Trinajstić information content (AvgIpc) is 2.69. The predicted molar refractivity (Wildman–Crippen MR) is 96.8 cm³/mol. The van der Waals surface area contributed by atoms with E-state index in [-0.39, 0.29) is 23.6 Å². The van der Waals surface area contributed by atoms with E-state index in [0.717, 1.165) is 4.90 Å². The van der Waals surface area contributed by atoms with Crippen LogP contribution in [0, 0.1) is 11.3 Å². The smallest absolute Gasteiger partial charge is 0.352 e. The van der Waals surface area contributed by atoms with Crippen LogP contribution in [-0.2, 0) is 19.1 Å². The minimum Gasteiger partial charge on any atom is -0.477 e. The van der Waals surface area contributed by atoms with Gasteiger partial charge < -0.3 is 15.2 Å². The summed E-state index contributed by atoms with van der Waals surface area (Å²) < 4.78 is 4.87. The lowest BCUT2D eigenvalue weighted by Crippen LogP contribution is -2.70. The molecule has 10 heteroatoms. The topological polar surface area (TPSA) is 137 Å². The normalized spacial score (nSPS) is 20.6. The van der Waals surface area contributed by atoms with Gasteiger partial charge in [0.1, 0.15) is 23.7 Å². The first-order valence-corrected chi connectivity index (χ1v) is 9.22. The molecule has 144 valence electrons. The number of nitrogens with zero attached hydrogens (tertiary/aromatic N) is 2. The number of carboxylic acid groups (broad SMARTS) is 1. The average molecular weight is 401 g/mol. The van der Waals surface area contributed by atoms with Crippen LogP contribution in [0.2, 0.25) is 0 Å². The standard InChI is InChI=1S/C18H15N3O6S/c1-9(22)27-7-12-8-28-17-13(16(24)21(17)14(12)18(25)26)20-15(23)11-4-2-3-10(5-11)6-19/h2-5,13,17H,7-8H2,1H3,(H,20,23)(H,25,26)/t13-,17-/m0/s1. The van der Waals surface area contributed by atoms with Crippen molar-refractivity contribution in [3.8, 4) is 6.07 Å². The summed E-state index contributed by atoms with van der Waals surface area (Å²) in [4.78, 5) is 48.7. The van der Waals surface area contributed by atoms with E-state index in [9.17, 15) is 24.3 Å². The molecule has 1 fully saturated rings. The minimum atomic E-state index is -1.30. The van der Waals surface area contributed by atoms with E-state index in [1.54, 1.807) is 12.1 Å². The van der Waals surface area contributed by atoms with Gasteiger partial charge in [0.25, 0.3) is 11.8 Å². The Bertz CT molecular complexity index is 951. The van der Waals surface area contributed by atoms with Crippen LogP contribution in [0.15, 0.2) is 35.5 Å². The summed E-state index contributed by atoms with van der Waals surface area (Å²) >= 11 is 1.28. The highest BCUT2D eigenvalue weighted by atomic mass is 32.2. The molecule has 9 nitrogen and oxygen atoms in total. The number of hydrogen-bond acceptors (Lipinski definition) is 7. The molecule has 2 aliphatic rings. The van der Waals surface area contributed by atoms with Gasteiger partial charge in [0.05, 0.1) is 11.6 Å². The Balaban J connectivity index is 1.76. The number of benzene rings is 1. The zero-order valence-corrected chi connectivity index (χ0v) is 15.5. The highest BCUT2D eigenvalue weighted by Crippen LogP contribution is 2.40. The first-order chi connectivity index (χ1) is 13.3. The quantitative estimate of drug-likeness (QED) is 0.537. The maximum absolute atomic E-state index is 12.5. The van der Waals surface area contributed by atoms with Crippen LogP contribution >= 0.6 is 11.8 Å². The third-order valence-corrected chi connectivity index (χ3v) is 5.58. The first kappa shape index (κ1) is 19.4. The summed E-state index contributed by atoms with van der Waals surface area (Å²) in [5.41, 5.74) is 0.652. The zero-order chi connectivity index (χ0) is 20.4. The lowest BCUT2D eigenvalue weighted by molar-refractivity contribution is -0.149. The van der Waals surface area contributed by atoms with Crippen molar-refractivity contribution in [1.29, 1.82) is 5.26 Å². The summed E-state index contributed by atoms with van der Waals surface area (Å²) in [7, 11) is 0. The van der Waals surface area contributed by atoms with Gasteiger partial charge in [-0.3, -0.25) is 19.3 Å². The third-order valence-electron chi connectivity index (χ3n) is 4.24. The van der Waals surface area contributed by atoms with Crippen molar-refractivity contribution in [3.05, 3.63) is 46.7 Å². The Labute approximate surface area is 163 Å². The fraction of sp³-hybridized carbons (Fsp3) is 0.278. The van der Waals surface area contributed by atoms with Gasteiger partial charge in [0, 0.05) is 23.8 Å². The minimum absolute atomic E-state index is 0.210. The monoisotopic (exact) mass is 401 g/mol. The van der Waals surface area contributed by atoms with Crippen LogP contribution in [0.1, 0.15) is 22.8 Å². The molecule has 0 unspecified atom stereocenters. The molecule has 0 aliphatic carbocycles. The van der Waals surface area contributed by atoms with Crippen molar-refractivity contribution in [2.45, 2.75) is 18.3 Å². The van der Waals surface area contributed by atoms with Crippen LogP contribution in [0.5, 0.6) is 0 Å². The summed E-state index contributed by atoms with van der Waals surface area (Å²) in [6.07, 6.45) is 0. The van der Waals surface area contributed by atoms with Crippen molar-refractivity contribution in [3.63, 3.8) is 0 Å². The molecule has 1 saturated heterocycles. The van der Waals surface area contributed by atoms with Gasteiger partial charge in [-0.15, -0.1) is 11.8 Å². The fourth-order valence-corrected chi connectivity index (χ4v) is 4.26. The molecule has 2 heterocycles. The maximum Gasteiger partial charge on any atom is 0.352 e. The van der Waals surface area contributed by atoms with Crippen LogP contribution < -0.4 is 5.32 Å². The molecule has 0 radical (unpaired) electrons. The van der Waals surface area contributed by atoms with Crippen LogP contribution in [0.4, 0.5) is 0 Å². The number of carbonyl (C=O) groups excluding carboxylic acids is 3. The molecule has 1 aromatic carbocycles. The number of amides is 2. The maximum atomic E-state index is 12.5. The lowest BCUT2D eigenvalue weighted by atomic mass is 10.0. The van der Waals surface area contributed by atoms with Gasteiger partial charge in [-0.25, -0.2) is 4.79 Å². The van der Waals surface area contributed by atoms with Gasteiger partial charge in [-0.1, -0.05) is 6.07 Å². The van der Waals surface area contributed by atoms with E-state index >= 15 is 0 Å².